The van der Waals surface area contributed by atoms with Gasteiger partial charge in [0.05, 0.1) is 17.6 Å². The molecule has 0 saturated carbocycles. The van der Waals surface area contributed by atoms with Crippen molar-refractivity contribution in [1.82, 2.24) is 9.88 Å². The first-order chi connectivity index (χ1) is 9.17. The van der Waals surface area contributed by atoms with Crippen LogP contribution in [0.3, 0.4) is 0 Å². The predicted octanol–water partition coefficient (Wildman–Crippen LogP) is 5.23. The minimum Gasteiger partial charge on any atom is -0.291 e. The van der Waals surface area contributed by atoms with Crippen LogP contribution < -0.4 is 0 Å². The highest BCUT2D eigenvalue weighted by atomic mass is 35.5. The van der Waals surface area contributed by atoms with Gasteiger partial charge in [-0.2, -0.15) is 0 Å². The van der Waals surface area contributed by atoms with Crippen molar-refractivity contribution in [2.45, 2.75) is 71.3 Å². The standard InChI is InChI=1S/C15H27ClN2S/c1-5-8-9-18(12(4)6-2)14(7-3)15-17-13(10-16)11-19-15/h11-12,14H,5-10H2,1-4H3. The molecule has 0 aliphatic rings. The highest BCUT2D eigenvalue weighted by Crippen LogP contribution is 2.30. The molecule has 1 aromatic heterocycles. The molecule has 0 aromatic carbocycles. The molecule has 0 aliphatic carbocycles. The molecular weight excluding hydrogens is 276 g/mol. The maximum atomic E-state index is 5.87. The molecule has 110 valence electrons. The van der Waals surface area contributed by atoms with Gasteiger partial charge in [-0.1, -0.05) is 27.2 Å². The fraction of sp³-hybridized carbons (Fsp3) is 0.800. The second kappa shape index (κ2) is 8.93. The largest absolute Gasteiger partial charge is 0.291 e. The summed E-state index contributed by atoms with van der Waals surface area (Å²) in [5.74, 6) is 0.519. The lowest BCUT2D eigenvalue weighted by atomic mass is 10.1. The highest BCUT2D eigenvalue weighted by Gasteiger charge is 2.24. The van der Waals surface area contributed by atoms with E-state index in [9.17, 15) is 0 Å². The summed E-state index contributed by atoms with van der Waals surface area (Å²) in [6.07, 6.45) is 4.81. The van der Waals surface area contributed by atoms with Crippen molar-refractivity contribution in [3.8, 4) is 0 Å². The third kappa shape index (κ3) is 4.73. The van der Waals surface area contributed by atoms with E-state index in [0.29, 0.717) is 18.0 Å². The van der Waals surface area contributed by atoms with Gasteiger partial charge in [0.15, 0.2) is 0 Å². The lowest BCUT2D eigenvalue weighted by Crippen LogP contribution is -2.37. The van der Waals surface area contributed by atoms with Crippen LogP contribution in [0.15, 0.2) is 5.38 Å². The van der Waals surface area contributed by atoms with E-state index in [1.54, 1.807) is 11.3 Å². The molecule has 0 N–H and O–H groups in total. The van der Waals surface area contributed by atoms with E-state index in [4.69, 9.17) is 16.6 Å². The van der Waals surface area contributed by atoms with Crippen LogP contribution in [0.2, 0.25) is 0 Å². The van der Waals surface area contributed by atoms with Gasteiger partial charge in [-0.25, -0.2) is 4.98 Å². The summed E-state index contributed by atoms with van der Waals surface area (Å²) in [6, 6.07) is 1.06. The Morgan fingerprint density at radius 3 is 2.53 bits per heavy atom. The molecule has 2 unspecified atom stereocenters. The van der Waals surface area contributed by atoms with Gasteiger partial charge in [-0.05, 0) is 32.7 Å². The van der Waals surface area contributed by atoms with Crippen molar-refractivity contribution in [2.75, 3.05) is 6.54 Å². The number of aromatic nitrogens is 1. The van der Waals surface area contributed by atoms with E-state index in [1.807, 2.05) is 0 Å². The van der Waals surface area contributed by atoms with E-state index < -0.39 is 0 Å². The lowest BCUT2D eigenvalue weighted by molar-refractivity contribution is 0.133. The SMILES string of the molecule is CCCCN(C(C)CC)C(CC)c1nc(CCl)cs1. The number of hydrogen-bond donors (Lipinski definition) is 0. The van der Waals surface area contributed by atoms with Gasteiger partial charge in [-0.15, -0.1) is 22.9 Å². The van der Waals surface area contributed by atoms with E-state index >= 15 is 0 Å². The molecule has 0 fully saturated rings. The zero-order valence-electron chi connectivity index (χ0n) is 12.7. The summed E-state index contributed by atoms with van der Waals surface area (Å²) in [5.41, 5.74) is 1.01. The van der Waals surface area contributed by atoms with Gasteiger partial charge in [0.2, 0.25) is 0 Å². The quantitative estimate of drug-likeness (QED) is 0.580. The van der Waals surface area contributed by atoms with Crippen LogP contribution in [0.4, 0.5) is 0 Å². The topological polar surface area (TPSA) is 16.1 Å². The molecule has 0 amide bonds. The average molecular weight is 303 g/mol. The van der Waals surface area contributed by atoms with Crippen LogP contribution in [0, 0.1) is 0 Å². The lowest BCUT2D eigenvalue weighted by Gasteiger charge is -2.34. The molecule has 1 heterocycles. The number of rotatable bonds is 9. The zero-order chi connectivity index (χ0) is 14.3. The average Bonchev–Trinajstić information content (AvgIpc) is 2.91. The Morgan fingerprint density at radius 2 is 2.05 bits per heavy atom. The van der Waals surface area contributed by atoms with Crippen LogP contribution in [-0.4, -0.2) is 22.5 Å². The molecule has 0 spiro atoms. The van der Waals surface area contributed by atoms with Gasteiger partial charge in [0, 0.05) is 11.4 Å². The smallest absolute Gasteiger partial charge is 0.110 e. The van der Waals surface area contributed by atoms with Crippen molar-refractivity contribution in [3.05, 3.63) is 16.1 Å². The van der Waals surface area contributed by atoms with E-state index in [-0.39, 0.29) is 0 Å². The summed E-state index contributed by atoms with van der Waals surface area (Å²) in [6.45, 7) is 10.3. The number of nitrogens with zero attached hydrogens (tertiary/aromatic N) is 2. The van der Waals surface area contributed by atoms with E-state index in [1.165, 1.54) is 30.8 Å². The normalized spacial score (nSPS) is 14.8. The van der Waals surface area contributed by atoms with Gasteiger partial charge in [0.25, 0.3) is 0 Å². The number of alkyl halides is 1. The Bertz CT molecular complexity index is 354. The molecule has 19 heavy (non-hydrogen) atoms. The van der Waals surface area contributed by atoms with Gasteiger partial charge in [0.1, 0.15) is 5.01 Å². The van der Waals surface area contributed by atoms with Crippen LogP contribution in [0.25, 0.3) is 0 Å². The fourth-order valence-electron chi connectivity index (χ4n) is 2.35. The summed E-state index contributed by atoms with van der Waals surface area (Å²) in [7, 11) is 0. The molecule has 0 bridgehead atoms. The summed E-state index contributed by atoms with van der Waals surface area (Å²) in [4.78, 5) is 7.32. The molecule has 0 radical (unpaired) electrons. The van der Waals surface area contributed by atoms with Crippen molar-refractivity contribution in [1.29, 1.82) is 0 Å². The van der Waals surface area contributed by atoms with Gasteiger partial charge in [-0.3, -0.25) is 4.90 Å². The second-order valence-electron chi connectivity index (χ2n) is 5.08. The molecule has 0 saturated heterocycles. The van der Waals surface area contributed by atoms with Crippen LogP contribution in [-0.2, 0) is 5.88 Å². The predicted molar refractivity (Wildman–Crippen MR) is 86.1 cm³/mol. The first kappa shape index (κ1) is 16.9. The number of hydrogen-bond acceptors (Lipinski definition) is 3. The Morgan fingerprint density at radius 1 is 1.32 bits per heavy atom. The minimum absolute atomic E-state index is 0.448. The molecule has 1 rings (SSSR count). The molecular formula is C15H27ClN2S. The molecule has 4 heteroatoms. The van der Waals surface area contributed by atoms with Crippen molar-refractivity contribution in [3.63, 3.8) is 0 Å². The van der Waals surface area contributed by atoms with Crippen LogP contribution >= 0.6 is 22.9 Å². The van der Waals surface area contributed by atoms with Crippen LogP contribution in [0.1, 0.15) is 70.1 Å². The van der Waals surface area contributed by atoms with E-state index in [0.717, 1.165) is 12.1 Å². The molecule has 2 nitrogen and oxygen atoms in total. The fourth-order valence-corrected chi connectivity index (χ4v) is 3.60. The Balaban J connectivity index is 2.87. The zero-order valence-corrected chi connectivity index (χ0v) is 14.2. The van der Waals surface area contributed by atoms with Gasteiger partial charge < -0.3 is 0 Å². The third-order valence-electron chi connectivity index (χ3n) is 3.71. The van der Waals surface area contributed by atoms with Gasteiger partial charge >= 0.3 is 0 Å². The van der Waals surface area contributed by atoms with E-state index in [2.05, 4.69) is 38.0 Å². The number of unbranched alkanes of at least 4 members (excludes halogenated alkanes) is 1. The Labute approximate surface area is 127 Å². The van der Waals surface area contributed by atoms with Crippen molar-refractivity contribution >= 4 is 22.9 Å². The van der Waals surface area contributed by atoms with Crippen molar-refractivity contribution in [2.24, 2.45) is 0 Å². The molecule has 0 aliphatic heterocycles. The maximum Gasteiger partial charge on any atom is 0.110 e. The first-order valence-corrected chi connectivity index (χ1v) is 8.85. The highest BCUT2D eigenvalue weighted by molar-refractivity contribution is 7.09. The van der Waals surface area contributed by atoms with Crippen LogP contribution in [0.5, 0.6) is 0 Å². The van der Waals surface area contributed by atoms with Crippen molar-refractivity contribution < 1.29 is 0 Å². The molecule has 2 atom stereocenters. The second-order valence-corrected chi connectivity index (χ2v) is 6.24. The minimum atomic E-state index is 0.448. The summed E-state index contributed by atoms with van der Waals surface area (Å²) in [5, 5.41) is 3.33. The Hall–Kier alpha value is -0.120. The summed E-state index contributed by atoms with van der Waals surface area (Å²) < 4.78 is 0. The maximum absolute atomic E-state index is 5.87. The number of halogens is 1. The number of thiazole rings is 1. The summed E-state index contributed by atoms with van der Waals surface area (Å²) >= 11 is 7.63. The Kier molecular flexibility index (Phi) is 7.96. The molecule has 1 aromatic rings. The third-order valence-corrected chi connectivity index (χ3v) is 4.97. The first-order valence-electron chi connectivity index (χ1n) is 7.43. The monoisotopic (exact) mass is 302 g/mol.